The standard InChI is InChI=1S/C15H13F2NO2/c16-10-2-1-9(13(17)5-10)7-18-14-8-20-15-6-11(19)3-4-12(14)15/h1-6,14,18-19H,7-8H2. The summed E-state index contributed by atoms with van der Waals surface area (Å²) >= 11 is 0. The summed E-state index contributed by atoms with van der Waals surface area (Å²) in [7, 11) is 0. The van der Waals surface area contributed by atoms with E-state index in [1.165, 1.54) is 12.1 Å². The average Bonchev–Trinajstić information content (AvgIpc) is 2.80. The second-order valence-electron chi connectivity index (χ2n) is 4.70. The molecule has 3 rings (SSSR count). The highest BCUT2D eigenvalue weighted by Crippen LogP contribution is 2.34. The molecule has 0 fully saturated rings. The summed E-state index contributed by atoms with van der Waals surface area (Å²) in [6, 6.07) is 8.36. The lowest BCUT2D eigenvalue weighted by Crippen LogP contribution is -2.22. The number of phenolic OH excluding ortho intramolecular Hbond substituents is 1. The van der Waals surface area contributed by atoms with Gasteiger partial charge in [-0.2, -0.15) is 0 Å². The van der Waals surface area contributed by atoms with Gasteiger partial charge in [-0.1, -0.05) is 6.07 Å². The first-order valence-electron chi connectivity index (χ1n) is 6.26. The molecule has 5 heteroatoms. The maximum absolute atomic E-state index is 13.5. The van der Waals surface area contributed by atoms with Gasteiger partial charge >= 0.3 is 0 Å². The van der Waals surface area contributed by atoms with E-state index < -0.39 is 11.6 Å². The van der Waals surface area contributed by atoms with E-state index >= 15 is 0 Å². The lowest BCUT2D eigenvalue weighted by Gasteiger charge is -2.12. The van der Waals surface area contributed by atoms with Crippen molar-refractivity contribution in [2.45, 2.75) is 12.6 Å². The quantitative estimate of drug-likeness (QED) is 0.906. The van der Waals surface area contributed by atoms with E-state index in [9.17, 15) is 13.9 Å². The Morgan fingerprint density at radius 2 is 2.05 bits per heavy atom. The van der Waals surface area contributed by atoms with Gasteiger partial charge in [0, 0.05) is 29.8 Å². The summed E-state index contributed by atoms with van der Waals surface area (Å²) < 4.78 is 31.8. The number of hydrogen-bond acceptors (Lipinski definition) is 3. The highest BCUT2D eigenvalue weighted by atomic mass is 19.1. The molecule has 2 N–H and O–H groups in total. The molecule has 20 heavy (non-hydrogen) atoms. The fourth-order valence-corrected chi connectivity index (χ4v) is 2.27. The van der Waals surface area contributed by atoms with Crippen LogP contribution in [0.3, 0.4) is 0 Å². The first-order chi connectivity index (χ1) is 9.63. The number of hydrogen-bond donors (Lipinski definition) is 2. The van der Waals surface area contributed by atoms with Crippen molar-refractivity contribution in [1.82, 2.24) is 5.32 Å². The molecule has 3 nitrogen and oxygen atoms in total. The van der Waals surface area contributed by atoms with Crippen molar-refractivity contribution in [3.05, 3.63) is 59.2 Å². The summed E-state index contributed by atoms with van der Waals surface area (Å²) in [5, 5.41) is 12.5. The Bertz CT molecular complexity index is 646. The second-order valence-corrected chi connectivity index (χ2v) is 4.70. The highest BCUT2D eigenvalue weighted by molar-refractivity contribution is 5.44. The van der Waals surface area contributed by atoms with Crippen LogP contribution in [0.25, 0.3) is 0 Å². The summed E-state index contributed by atoms with van der Waals surface area (Å²) in [4.78, 5) is 0. The molecular weight excluding hydrogens is 264 g/mol. The molecule has 1 aliphatic heterocycles. The number of aromatic hydroxyl groups is 1. The van der Waals surface area contributed by atoms with E-state index in [1.54, 1.807) is 18.2 Å². The van der Waals surface area contributed by atoms with Gasteiger partial charge < -0.3 is 15.2 Å². The zero-order valence-corrected chi connectivity index (χ0v) is 10.6. The van der Waals surface area contributed by atoms with E-state index in [-0.39, 0.29) is 18.3 Å². The van der Waals surface area contributed by atoms with Crippen LogP contribution in [0.4, 0.5) is 8.78 Å². The van der Waals surface area contributed by atoms with Gasteiger partial charge in [0.2, 0.25) is 0 Å². The minimum atomic E-state index is -0.587. The van der Waals surface area contributed by atoms with E-state index in [2.05, 4.69) is 5.32 Å². The molecule has 0 bridgehead atoms. The van der Waals surface area contributed by atoms with E-state index in [4.69, 9.17) is 4.74 Å². The molecule has 0 radical (unpaired) electrons. The van der Waals surface area contributed by atoms with Crippen molar-refractivity contribution in [2.24, 2.45) is 0 Å². The Hall–Kier alpha value is -2.14. The number of halogens is 2. The molecule has 0 saturated heterocycles. The third-order valence-corrected chi connectivity index (χ3v) is 3.33. The predicted molar refractivity (Wildman–Crippen MR) is 69.5 cm³/mol. The van der Waals surface area contributed by atoms with E-state index in [1.807, 2.05) is 0 Å². The maximum atomic E-state index is 13.5. The molecule has 0 spiro atoms. The number of rotatable bonds is 3. The Kier molecular flexibility index (Phi) is 3.28. The van der Waals surface area contributed by atoms with Crippen LogP contribution in [0.1, 0.15) is 17.2 Å². The van der Waals surface area contributed by atoms with Gasteiger partial charge in [-0.25, -0.2) is 8.78 Å². The van der Waals surface area contributed by atoms with Gasteiger partial charge in [-0.15, -0.1) is 0 Å². The summed E-state index contributed by atoms with van der Waals surface area (Å²) in [6.45, 7) is 0.696. The zero-order chi connectivity index (χ0) is 14.1. The Labute approximate surface area is 114 Å². The Morgan fingerprint density at radius 1 is 1.20 bits per heavy atom. The van der Waals surface area contributed by atoms with Gasteiger partial charge in [0.25, 0.3) is 0 Å². The van der Waals surface area contributed by atoms with Crippen molar-refractivity contribution in [1.29, 1.82) is 0 Å². The van der Waals surface area contributed by atoms with E-state index in [0.717, 1.165) is 11.6 Å². The summed E-state index contributed by atoms with van der Waals surface area (Å²) in [5.74, 6) is -0.380. The Balaban J connectivity index is 1.72. The van der Waals surface area contributed by atoms with Crippen LogP contribution in [0.15, 0.2) is 36.4 Å². The molecule has 0 saturated carbocycles. The fraction of sp³-hybridized carbons (Fsp3) is 0.200. The number of ether oxygens (including phenoxy) is 1. The average molecular weight is 277 g/mol. The zero-order valence-electron chi connectivity index (χ0n) is 10.6. The van der Waals surface area contributed by atoms with E-state index in [0.29, 0.717) is 17.9 Å². The largest absolute Gasteiger partial charge is 0.508 e. The fourth-order valence-electron chi connectivity index (χ4n) is 2.27. The lowest BCUT2D eigenvalue weighted by atomic mass is 10.1. The minimum absolute atomic E-state index is 0.0740. The maximum Gasteiger partial charge on any atom is 0.130 e. The number of fused-ring (bicyclic) bond motifs is 1. The van der Waals surface area contributed by atoms with Crippen molar-refractivity contribution in [3.8, 4) is 11.5 Å². The third kappa shape index (κ3) is 2.44. The monoisotopic (exact) mass is 277 g/mol. The van der Waals surface area contributed by atoms with Crippen molar-refractivity contribution < 1.29 is 18.6 Å². The van der Waals surface area contributed by atoms with Crippen molar-refractivity contribution in [2.75, 3.05) is 6.61 Å². The van der Waals surface area contributed by atoms with Crippen LogP contribution in [0.2, 0.25) is 0 Å². The summed E-state index contributed by atoms with van der Waals surface area (Å²) in [5.41, 5.74) is 1.32. The predicted octanol–water partition coefficient (Wildman–Crippen LogP) is 2.89. The SMILES string of the molecule is Oc1ccc2c(c1)OCC2NCc1ccc(F)cc1F. The molecule has 1 heterocycles. The molecule has 104 valence electrons. The van der Waals surface area contributed by atoms with Crippen LogP contribution in [0.5, 0.6) is 11.5 Å². The van der Waals surface area contributed by atoms with Crippen LogP contribution in [0, 0.1) is 11.6 Å². The Morgan fingerprint density at radius 3 is 2.85 bits per heavy atom. The second kappa shape index (κ2) is 5.09. The van der Waals surface area contributed by atoms with Crippen molar-refractivity contribution in [3.63, 3.8) is 0 Å². The smallest absolute Gasteiger partial charge is 0.130 e. The minimum Gasteiger partial charge on any atom is -0.508 e. The van der Waals surface area contributed by atoms with Crippen LogP contribution >= 0.6 is 0 Å². The number of phenols is 1. The summed E-state index contributed by atoms with van der Waals surface area (Å²) in [6.07, 6.45) is 0. The van der Waals surface area contributed by atoms with Gasteiger partial charge in [-0.3, -0.25) is 0 Å². The molecule has 0 aliphatic carbocycles. The highest BCUT2D eigenvalue weighted by Gasteiger charge is 2.24. The van der Waals surface area contributed by atoms with Gasteiger partial charge in [0.15, 0.2) is 0 Å². The molecule has 1 atom stereocenters. The first-order valence-corrected chi connectivity index (χ1v) is 6.26. The lowest BCUT2D eigenvalue weighted by molar-refractivity contribution is 0.309. The molecule has 1 aliphatic rings. The van der Waals surface area contributed by atoms with Gasteiger partial charge in [0.1, 0.15) is 29.7 Å². The molecular formula is C15H13F2NO2. The number of nitrogens with one attached hydrogen (secondary N) is 1. The first kappa shape index (κ1) is 12.9. The topological polar surface area (TPSA) is 41.5 Å². The molecule has 2 aromatic rings. The van der Waals surface area contributed by atoms with Crippen LogP contribution in [-0.4, -0.2) is 11.7 Å². The molecule has 1 unspecified atom stereocenters. The number of benzene rings is 2. The molecule has 0 amide bonds. The third-order valence-electron chi connectivity index (χ3n) is 3.33. The molecule has 0 aromatic heterocycles. The van der Waals surface area contributed by atoms with Crippen LogP contribution < -0.4 is 10.1 Å². The van der Waals surface area contributed by atoms with Gasteiger partial charge in [0.05, 0.1) is 6.04 Å². The molecule has 2 aromatic carbocycles. The van der Waals surface area contributed by atoms with Crippen LogP contribution in [-0.2, 0) is 6.54 Å². The normalized spacial score (nSPS) is 16.8. The van der Waals surface area contributed by atoms with Crippen molar-refractivity contribution >= 4 is 0 Å². The van der Waals surface area contributed by atoms with Gasteiger partial charge in [-0.05, 0) is 18.2 Å².